The van der Waals surface area contributed by atoms with E-state index in [2.05, 4.69) is 30.4 Å². The van der Waals surface area contributed by atoms with Crippen LogP contribution in [0.1, 0.15) is 37.5 Å². The van der Waals surface area contributed by atoms with Gasteiger partial charge in [-0.2, -0.15) is 0 Å². The molecule has 2 unspecified atom stereocenters. The lowest BCUT2D eigenvalue weighted by atomic mass is 9.92. The summed E-state index contributed by atoms with van der Waals surface area (Å²) >= 11 is 0. The molecular formula is C16H23NO2. The fourth-order valence-corrected chi connectivity index (χ4v) is 2.50. The van der Waals surface area contributed by atoms with E-state index in [-0.39, 0.29) is 17.8 Å². The van der Waals surface area contributed by atoms with Crippen molar-refractivity contribution in [3.63, 3.8) is 0 Å². The Balaban J connectivity index is 1.98. The molecule has 1 heterocycles. The van der Waals surface area contributed by atoms with Crippen LogP contribution in [0.5, 0.6) is 0 Å². The van der Waals surface area contributed by atoms with E-state index < -0.39 is 0 Å². The second kappa shape index (κ2) is 6.83. The number of fused-ring (bicyclic) bond motifs is 1. The number of ketones is 1. The molecule has 0 radical (unpaired) electrons. The maximum absolute atomic E-state index is 12.2. The van der Waals surface area contributed by atoms with Crippen LogP contribution in [0, 0.1) is 5.92 Å². The van der Waals surface area contributed by atoms with Gasteiger partial charge in [0.05, 0.1) is 12.7 Å². The zero-order valence-corrected chi connectivity index (χ0v) is 11.8. The Hall–Kier alpha value is -1.19. The second-order valence-electron chi connectivity index (χ2n) is 5.19. The van der Waals surface area contributed by atoms with E-state index in [9.17, 15) is 4.79 Å². The van der Waals surface area contributed by atoms with Crippen molar-refractivity contribution in [1.82, 2.24) is 5.32 Å². The summed E-state index contributed by atoms with van der Waals surface area (Å²) in [6.45, 7) is 6.41. The van der Waals surface area contributed by atoms with Gasteiger partial charge in [-0.3, -0.25) is 4.79 Å². The fraction of sp³-hybridized carbons (Fsp3) is 0.562. The Bertz CT molecular complexity index is 431. The van der Waals surface area contributed by atoms with Crippen molar-refractivity contribution in [1.29, 1.82) is 0 Å². The minimum Gasteiger partial charge on any atom is -0.373 e. The molecule has 0 aliphatic carbocycles. The van der Waals surface area contributed by atoms with Crippen molar-refractivity contribution in [2.75, 3.05) is 19.7 Å². The number of carbonyl (C=O) groups excluding carboxylic acids is 1. The van der Waals surface area contributed by atoms with E-state index in [4.69, 9.17) is 4.74 Å². The first-order chi connectivity index (χ1) is 9.22. The lowest BCUT2D eigenvalue weighted by Crippen LogP contribution is -2.28. The van der Waals surface area contributed by atoms with Gasteiger partial charge in [-0.1, -0.05) is 38.1 Å². The van der Waals surface area contributed by atoms with Crippen molar-refractivity contribution in [3.8, 4) is 0 Å². The zero-order chi connectivity index (χ0) is 13.7. The van der Waals surface area contributed by atoms with E-state index >= 15 is 0 Å². The van der Waals surface area contributed by atoms with Crippen LogP contribution in [0.2, 0.25) is 0 Å². The number of nitrogens with one attached hydrogen (secondary N) is 1. The molecule has 0 spiro atoms. The standard InChI is InChI=1S/C16H23NO2/c1-3-17-11-12(2)15(18)10-16-14-7-5-4-6-13(14)8-9-19-16/h4-7,12,16-17H,3,8-11H2,1-2H3. The molecule has 3 heteroatoms. The number of hydrogen-bond donors (Lipinski definition) is 1. The minimum absolute atomic E-state index is 0.0534. The SMILES string of the molecule is CCNCC(C)C(=O)CC1OCCc2ccccc21. The van der Waals surface area contributed by atoms with Gasteiger partial charge in [-0.15, -0.1) is 0 Å². The highest BCUT2D eigenvalue weighted by Crippen LogP contribution is 2.30. The topological polar surface area (TPSA) is 38.3 Å². The van der Waals surface area contributed by atoms with Gasteiger partial charge in [-0.25, -0.2) is 0 Å². The number of Topliss-reactive ketones (excluding diaryl/α,β-unsaturated/α-hetero) is 1. The highest BCUT2D eigenvalue weighted by Gasteiger charge is 2.24. The van der Waals surface area contributed by atoms with Crippen LogP contribution in [0.3, 0.4) is 0 Å². The van der Waals surface area contributed by atoms with Gasteiger partial charge in [0.1, 0.15) is 5.78 Å². The molecule has 19 heavy (non-hydrogen) atoms. The van der Waals surface area contributed by atoms with Gasteiger partial charge >= 0.3 is 0 Å². The lowest BCUT2D eigenvalue weighted by Gasteiger charge is -2.26. The Kier molecular flexibility index (Phi) is 5.11. The number of ether oxygens (including phenoxy) is 1. The fourth-order valence-electron chi connectivity index (χ4n) is 2.50. The number of carbonyl (C=O) groups is 1. The van der Waals surface area contributed by atoms with Crippen molar-refractivity contribution in [3.05, 3.63) is 35.4 Å². The molecule has 2 rings (SSSR count). The average molecular weight is 261 g/mol. The van der Waals surface area contributed by atoms with Crippen LogP contribution in [0.25, 0.3) is 0 Å². The van der Waals surface area contributed by atoms with Crippen LogP contribution in [0.4, 0.5) is 0 Å². The average Bonchev–Trinajstić information content (AvgIpc) is 2.45. The molecule has 1 N–H and O–H groups in total. The predicted octanol–water partition coefficient (Wildman–Crippen LogP) is 2.51. The maximum atomic E-state index is 12.2. The van der Waals surface area contributed by atoms with Crippen LogP contribution >= 0.6 is 0 Å². The molecule has 0 amide bonds. The van der Waals surface area contributed by atoms with Crippen LogP contribution in [0.15, 0.2) is 24.3 Å². The van der Waals surface area contributed by atoms with E-state index in [0.29, 0.717) is 6.42 Å². The second-order valence-corrected chi connectivity index (χ2v) is 5.19. The van der Waals surface area contributed by atoms with Gasteiger partial charge in [0.25, 0.3) is 0 Å². The molecule has 0 saturated carbocycles. The molecule has 2 atom stereocenters. The van der Waals surface area contributed by atoms with Gasteiger partial charge in [-0.05, 0) is 24.1 Å². The van der Waals surface area contributed by atoms with Gasteiger partial charge in [0.15, 0.2) is 0 Å². The quantitative estimate of drug-likeness (QED) is 0.855. The van der Waals surface area contributed by atoms with E-state index in [1.54, 1.807) is 0 Å². The van der Waals surface area contributed by atoms with E-state index in [1.807, 2.05) is 13.0 Å². The third-order valence-corrected chi connectivity index (χ3v) is 3.73. The van der Waals surface area contributed by atoms with E-state index in [1.165, 1.54) is 11.1 Å². The summed E-state index contributed by atoms with van der Waals surface area (Å²) in [6, 6.07) is 8.29. The first-order valence-corrected chi connectivity index (χ1v) is 7.15. The molecule has 1 aliphatic heterocycles. The molecule has 1 aromatic carbocycles. The molecule has 0 bridgehead atoms. The monoisotopic (exact) mass is 261 g/mol. The van der Waals surface area contributed by atoms with Crippen molar-refractivity contribution < 1.29 is 9.53 Å². The summed E-state index contributed by atoms with van der Waals surface area (Å²) in [5, 5.41) is 3.22. The first kappa shape index (κ1) is 14.2. The Morgan fingerprint density at radius 3 is 3.05 bits per heavy atom. The summed E-state index contributed by atoms with van der Waals surface area (Å²) in [7, 11) is 0. The predicted molar refractivity (Wildman–Crippen MR) is 76.2 cm³/mol. The first-order valence-electron chi connectivity index (χ1n) is 7.15. The van der Waals surface area contributed by atoms with Crippen molar-refractivity contribution in [2.45, 2.75) is 32.8 Å². The summed E-state index contributed by atoms with van der Waals surface area (Å²) < 4.78 is 5.79. The summed E-state index contributed by atoms with van der Waals surface area (Å²) in [5.74, 6) is 0.334. The van der Waals surface area contributed by atoms with Gasteiger partial charge < -0.3 is 10.1 Å². The summed E-state index contributed by atoms with van der Waals surface area (Å²) in [6.07, 6.45) is 1.39. The van der Waals surface area contributed by atoms with Crippen LogP contribution in [-0.4, -0.2) is 25.5 Å². The van der Waals surface area contributed by atoms with Crippen molar-refractivity contribution >= 4 is 5.78 Å². The Morgan fingerprint density at radius 2 is 2.26 bits per heavy atom. The highest BCUT2D eigenvalue weighted by molar-refractivity contribution is 5.81. The molecule has 0 fully saturated rings. The molecule has 0 aromatic heterocycles. The molecule has 1 aliphatic rings. The Morgan fingerprint density at radius 1 is 1.47 bits per heavy atom. The smallest absolute Gasteiger partial charge is 0.139 e. The van der Waals surface area contributed by atoms with Crippen molar-refractivity contribution in [2.24, 2.45) is 5.92 Å². The van der Waals surface area contributed by atoms with Gasteiger partial charge in [0, 0.05) is 18.9 Å². The minimum atomic E-state index is -0.0541. The third-order valence-electron chi connectivity index (χ3n) is 3.73. The normalized spacial score (nSPS) is 19.8. The number of benzene rings is 1. The molecule has 104 valence electrons. The van der Waals surface area contributed by atoms with Gasteiger partial charge in [0.2, 0.25) is 0 Å². The summed E-state index contributed by atoms with van der Waals surface area (Å²) in [5.41, 5.74) is 2.52. The zero-order valence-electron chi connectivity index (χ0n) is 11.8. The largest absolute Gasteiger partial charge is 0.373 e. The molecular weight excluding hydrogens is 238 g/mol. The lowest BCUT2D eigenvalue weighted by molar-refractivity contribution is -0.125. The van der Waals surface area contributed by atoms with E-state index in [0.717, 1.165) is 26.1 Å². The molecule has 1 aromatic rings. The van der Waals surface area contributed by atoms with Crippen LogP contribution in [-0.2, 0) is 16.0 Å². The number of hydrogen-bond acceptors (Lipinski definition) is 3. The Labute approximate surface area is 115 Å². The third kappa shape index (κ3) is 3.64. The molecule has 0 saturated heterocycles. The van der Waals surface area contributed by atoms with Crippen LogP contribution < -0.4 is 5.32 Å². The molecule has 3 nitrogen and oxygen atoms in total. The maximum Gasteiger partial charge on any atom is 0.139 e. The number of rotatable bonds is 6. The highest BCUT2D eigenvalue weighted by atomic mass is 16.5. The summed E-state index contributed by atoms with van der Waals surface area (Å²) in [4.78, 5) is 12.2.